The number of aromatic nitrogens is 4. The van der Waals surface area contributed by atoms with Gasteiger partial charge in [0.15, 0.2) is 0 Å². The molecule has 6 heteroatoms. The maximum atomic E-state index is 5.94. The molecule has 0 atom stereocenters. The lowest BCUT2D eigenvalue weighted by molar-refractivity contribution is 0.625. The van der Waals surface area contributed by atoms with Crippen molar-refractivity contribution in [2.75, 3.05) is 5.73 Å². The van der Waals surface area contributed by atoms with Gasteiger partial charge in [-0.25, -0.2) is 9.67 Å². The van der Waals surface area contributed by atoms with Gasteiger partial charge in [0.25, 0.3) is 0 Å². The van der Waals surface area contributed by atoms with Crippen molar-refractivity contribution in [2.45, 2.75) is 26.9 Å². The molecule has 2 N–H and O–H groups in total. The Balaban J connectivity index is 2.30. The highest BCUT2D eigenvalue weighted by Gasteiger charge is 2.11. The molecule has 5 nitrogen and oxygen atoms in total. The summed E-state index contributed by atoms with van der Waals surface area (Å²) in [6, 6.07) is 0. The number of hydrogen-bond donors (Lipinski definition) is 1. The predicted molar refractivity (Wildman–Crippen MR) is 66.1 cm³/mol. The van der Waals surface area contributed by atoms with Crippen molar-refractivity contribution >= 4 is 21.7 Å². The Morgan fingerprint density at radius 3 is 2.81 bits per heavy atom. The lowest BCUT2D eigenvalue weighted by Crippen LogP contribution is -2.09. The maximum Gasteiger partial charge on any atom is 0.136 e. The molecule has 0 amide bonds. The average molecular weight is 284 g/mol. The van der Waals surface area contributed by atoms with E-state index < -0.39 is 0 Å². The summed E-state index contributed by atoms with van der Waals surface area (Å²) >= 11 is 3.41. The molecule has 0 aliphatic carbocycles. The summed E-state index contributed by atoms with van der Waals surface area (Å²) < 4.78 is 4.72. The third kappa shape index (κ3) is 1.84. The Morgan fingerprint density at radius 2 is 2.25 bits per heavy atom. The van der Waals surface area contributed by atoms with Gasteiger partial charge in [0, 0.05) is 6.54 Å². The predicted octanol–water partition coefficient (Wildman–Crippen LogP) is 1.80. The molecule has 86 valence electrons. The van der Waals surface area contributed by atoms with E-state index in [0.29, 0.717) is 12.4 Å². The summed E-state index contributed by atoms with van der Waals surface area (Å²) in [6.45, 7) is 5.55. The molecule has 0 bridgehead atoms. The van der Waals surface area contributed by atoms with Gasteiger partial charge in [0.1, 0.15) is 5.82 Å². The van der Waals surface area contributed by atoms with Crippen LogP contribution in [0.25, 0.3) is 0 Å². The van der Waals surface area contributed by atoms with Crippen molar-refractivity contribution < 1.29 is 0 Å². The zero-order valence-corrected chi connectivity index (χ0v) is 10.9. The Labute approximate surface area is 102 Å². The topological polar surface area (TPSA) is 61.7 Å². The number of hydrogen-bond acceptors (Lipinski definition) is 3. The summed E-state index contributed by atoms with van der Waals surface area (Å²) in [6.07, 6.45) is 3.66. The van der Waals surface area contributed by atoms with Crippen molar-refractivity contribution in [3.05, 3.63) is 28.4 Å². The van der Waals surface area contributed by atoms with Crippen LogP contribution in [0, 0.1) is 6.92 Å². The average Bonchev–Trinajstić information content (AvgIpc) is 2.81. The third-order valence-corrected chi connectivity index (χ3v) is 3.52. The first-order valence-corrected chi connectivity index (χ1v) is 5.90. The highest BCUT2D eigenvalue weighted by molar-refractivity contribution is 9.10. The van der Waals surface area contributed by atoms with E-state index in [2.05, 4.69) is 37.5 Å². The first kappa shape index (κ1) is 11.2. The molecule has 2 rings (SSSR count). The van der Waals surface area contributed by atoms with Gasteiger partial charge in [-0.3, -0.25) is 0 Å². The summed E-state index contributed by atoms with van der Waals surface area (Å²) in [5.74, 6) is 0.654. The van der Waals surface area contributed by atoms with Crippen LogP contribution in [0.15, 0.2) is 17.0 Å². The molecule has 0 unspecified atom stereocenters. The van der Waals surface area contributed by atoms with E-state index in [9.17, 15) is 0 Å². The Hall–Kier alpha value is -1.30. The minimum Gasteiger partial charge on any atom is -0.383 e. The number of aryl methyl sites for hydroxylation is 2. The van der Waals surface area contributed by atoms with E-state index in [-0.39, 0.29) is 0 Å². The van der Waals surface area contributed by atoms with Crippen LogP contribution in [0.3, 0.4) is 0 Å². The fraction of sp³-hybridized carbons (Fsp3) is 0.400. The van der Waals surface area contributed by atoms with Crippen molar-refractivity contribution in [3.63, 3.8) is 0 Å². The Bertz CT molecular complexity index is 499. The van der Waals surface area contributed by atoms with Crippen molar-refractivity contribution in [1.29, 1.82) is 0 Å². The minimum absolute atomic E-state index is 0.645. The molecular formula is C10H14BrN5. The molecule has 2 heterocycles. The quantitative estimate of drug-likeness (QED) is 0.934. The number of nitrogens with zero attached hydrogens (tertiary/aromatic N) is 4. The molecule has 0 aliphatic rings. The molecule has 0 aliphatic heterocycles. The number of anilines is 1. The van der Waals surface area contributed by atoms with Crippen LogP contribution >= 0.6 is 15.9 Å². The second-order valence-corrected chi connectivity index (χ2v) is 4.41. The normalized spacial score (nSPS) is 10.9. The molecule has 0 spiro atoms. The molecule has 2 aromatic rings. The monoisotopic (exact) mass is 283 g/mol. The standard InChI is InChI=1S/C10H14BrN5/c1-3-15-6-13-4-8(15)5-16-10(12)9(11)7(2)14-16/h4,6H,3,5,12H2,1-2H3. The van der Waals surface area contributed by atoms with Crippen molar-refractivity contribution in [2.24, 2.45) is 0 Å². The molecule has 0 saturated heterocycles. The largest absolute Gasteiger partial charge is 0.383 e. The first-order valence-electron chi connectivity index (χ1n) is 5.10. The highest BCUT2D eigenvalue weighted by Crippen LogP contribution is 2.23. The van der Waals surface area contributed by atoms with Crippen molar-refractivity contribution in [3.8, 4) is 0 Å². The van der Waals surface area contributed by atoms with Gasteiger partial charge in [0.05, 0.1) is 34.9 Å². The Kier molecular flexibility index (Phi) is 3.00. The number of nitrogens with two attached hydrogens (primary N) is 1. The summed E-state index contributed by atoms with van der Waals surface area (Å²) in [4.78, 5) is 4.12. The van der Waals surface area contributed by atoms with Gasteiger partial charge in [-0.05, 0) is 29.8 Å². The lowest BCUT2D eigenvalue weighted by Gasteiger charge is -2.06. The number of rotatable bonds is 3. The highest BCUT2D eigenvalue weighted by atomic mass is 79.9. The van der Waals surface area contributed by atoms with Gasteiger partial charge in [0.2, 0.25) is 0 Å². The first-order chi connectivity index (χ1) is 7.63. The summed E-state index contributed by atoms with van der Waals surface area (Å²) in [5, 5.41) is 4.36. The van der Waals surface area contributed by atoms with E-state index in [1.54, 1.807) is 4.68 Å². The lowest BCUT2D eigenvalue weighted by atomic mass is 10.4. The van der Waals surface area contributed by atoms with E-state index in [0.717, 1.165) is 22.4 Å². The van der Waals surface area contributed by atoms with E-state index in [4.69, 9.17) is 5.73 Å². The van der Waals surface area contributed by atoms with E-state index >= 15 is 0 Å². The Morgan fingerprint density at radius 1 is 1.50 bits per heavy atom. The molecule has 16 heavy (non-hydrogen) atoms. The summed E-state index contributed by atoms with van der Waals surface area (Å²) in [5.41, 5.74) is 7.94. The van der Waals surface area contributed by atoms with Crippen LogP contribution in [0.4, 0.5) is 5.82 Å². The molecule has 2 aromatic heterocycles. The number of nitrogen functional groups attached to an aromatic ring is 1. The van der Waals surface area contributed by atoms with Crippen LogP contribution in [0.1, 0.15) is 18.3 Å². The van der Waals surface area contributed by atoms with E-state index in [1.165, 1.54) is 0 Å². The summed E-state index contributed by atoms with van der Waals surface area (Å²) in [7, 11) is 0. The SMILES string of the molecule is CCn1cncc1Cn1nc(C)c(Br)c1N. The van der Waals surface area contributed by atoms with Crippen LogP contribution in [0.2, 0.25) is 0 Å². The number of imidazole rings is 1. The fourth-order valence-corrected chi connectivity index (χ4v) is 1.90. The zero-order chi connectivity index (χ0) is 11.7. The van der Waals surface area contributed by atoms with Gasteiger partial charge in [-0.1, -0.05) is 0 Å². The molecule has 0 aromatic carbocycles. The van der Waals surface area contributed by atoms with E-state index in [1.807, 2.05) is 19.4 Å². The van der Waals surface area contributed by atoms with Gasteiger partial charge in [-0.2, -0.15) is 5.10 Å². The van der Waals surface area contributed by atoms with Crippen LogP contribution in [0.5, 0.6) is 0 Å². The number of halogens is 1. The maximum absolute atomic E-state index is 5.94. The second kappa shape index (κ2) is 4.29. The van der Waals surface area contributed by atoms with Crippen molar-refractivity contribution in [1.82, 2.24) is 19.3 Å². The zero-order valence-electron chi connectivity index (χ0n) is 9.31. The van der Waals surface area contributed by atoms with Crippen LogP contribution in [-0.2, 0) is 13.1 Å². The van der Waals surface area contributed by atoms with Crippen LogP contribution < -0.4 is 5.73 Å². The van der Waals surface area contributed by atoms with Gasteiger partial charge < -0.3 is 10.3 Å². The smallest absolute Gasteiger partial charge is 0.136 e. The second-order valence-electron chi connectivity index (χ2n) is 3.61. The molecule has 0 fully saturated rings. The molecule has 0 saturated carbocycles. The third-order valence-electron chi connectivity index (χ3n) is 2.54. The fourth-order valence-electron chi connectivity index (χ4n) is 1.62. The molecule has 0 radical (unpaired) electrons. The van der Waals surface area contributed by atoms with Gasteiger partial charge in [-0.15, -0.1) is 0 Å². The van der Waals surface area contributed by atoms with Crippen LogP contribution in [-0.4, -0.2) is 19.3 Å². The minimum atomic E-state index is 0.645. The molecular weight excluding hydrogens is 270 g/mol. The van der Waals surface area contributed by atoms with Gasteiger partial charge >= 0.3 is 0 Å².